The number of hydrogen-bond acceptors (Lipinski definition) is 5. The number of aliphatic hydroxyl groups excluding tert-OH is 1. The summed E-state index contributed by atoms with van der Waals surface area (Å²) in [6, 6.07) is 5.83. The van der Waals surface area contributed by atoms with Crippen LogP contribution in [0.4, 0.5) is 0 Å². The van der Waals surface area contributed by atoms with Gasteiger partial charge >= 0.3 is 0 Å². The van der Waals surface area contributed by atoms with Crippen LogP contribution in [-0.4, -0.2) is 51.3 Å². The van der Waals surface area contributed by atoms with E-state index in [4.69, 9.17) is 9.84 Å². The van der Waals surface area contributed by atoms with Crippen LogP contribution >= 0.6 is 0 Å². The largest absolute Gasteiger partial charge is 0.496 e. The van der Waals surface area contributed by atoms with E-state index in [0.717, 1.165) is 22.2 Å². The SMILES string of the molecule is COc1cccc2[nH]cc(CCNC(=O)c3cn(CCO)nn3)c12. The molecule has 0 aliphatic rings. The Labute approximate surface area is 138 Å². The number of aliphatic hydroxyl groups is 1. The molecule has 2 aromatic heterocycles. The zero-order chi connectivity index (χ0) is 16.9. The van der Waals surface area contributed by atoms with E-state index in [2.05, 4.69) is 20.6 Å². The second kappa shape index (κ2) is 7.14. The van der Waals surface area contributed by atoms with Crippen molar-refractivity contribution in [2.24, 2.45) is 0 Å². The first-order valence-corrected chi connectivity index (χ1v) is 7.65. The second-order valence-electron chi connectivity index (χ2n) is 5.29. The Kier molecular flexibility index (Phi) is 4.76. The molecular weight excluding hydrogens is 310 g/mol. The van der Waals surface area contributed by atoms with Gasteiger partial charge in [-0.25, -0.2) is 4.68 Å². The van der Waals surface area contributed by atoms with Crippen LogP contribution in [0, 0.1) is 0 Å². The lowest BCUT2D eigenvalue weighted by molar-refractivity contribution is 0.0949. The lowest BCUT2D eigenvalue weighted by Crippen LogP contribution is -2.26. The molecule has 24 heavy (non-hydrogen) atoms. The van der Waals surface area contributed by atoms with Gasteiger partial charge in [-0.15, -0.1) is 5.10 Å². The van der Waals surface area contributed by atoms with Crippen molar-refractivity contribution in [2.75, 3.05) is 20.3 Å². The van der Waals surface area contributed by atoms with Gasteiger partial charge in [0.05, 0.1) is 26.5 Å². The van der Waals surface area contributed by atoms with Gasteiger partial charge in [-0.05, 0) is 24.1 Å². The highest BCUT2D eigenvalue weighted by Crippen LogP contribution is 2.28. The number of nitrogens with one attached hydrogen (secondary N) is 2. The molecule has 0 radical (unpaired) electrons. The molecule has 0 fully saturated rings. The summed E-state index contributed by atoms with van der Waals surface area (Å²) in [5.74, 6) is 0.521. The van der Waals surface area contributed by atoms with Gasteiger partial charge in [-0.3, -0.25) is 4.79 Å². The van der Waals surface area contributed by atoms with Gasteiger partial charge < -0.3 is 20.1 Å². The van der Waals surface area contributed by atoms with Gasteiger partial charge in [0.2, 0.25) is 0 Å². The molecule has 1 aromatic carbocycles. The average Bonchev–Trinajstić information content (AvgIpc) is 3.22. The molecule has 3 N–H and O–H groups in total. The predicted molar refractivity (Wildman–Crippen MR) is 88.0 cm³/mol. The number of aromatic nitrogens is 4. The molecule has 0 unspecified atom stereocenters. The molecule has 126 valence electrons. The molecular formula is C16H19N5O3. The van der Waals surface area contributed by atoms with Crippen molar-refractivity contribution in [3.8, 4) is 5.75 Å². The number of carbonyl (C=O) groups is 1. The van der Waals surface area contributed by atoms with E-state index >= 15 is 0 Å². The highest BCUT2D eigenvalue weighted by molar-refractivity contribution is 5.92. The van der Waals surface area contributed by atoms with Crippen molar-refractivity contribution in [1.82, 2.24) is 25.3 Å². The summed E-state index contributed by atoms with van der Waals surface area (Å²) in [4.78, 5) is 15.3. The molecule has 0 aliphatic carbocycles. The lowest BCUT2D eigenvalue weighted by atomic mass is 10.1. The Morgan fingerprint density at radius 1 is 1.46 bits per heavy atom. The fourth-order valence-electron chi connectivity index (χ4n) is 2.60. The van der Waals surface area contributed by atoms with Crippen LogP contribution in [0.2, 0.25) is 0 Å². The number of rotatable bonds is 7. The third-order valence-corrected chi connectivity index (χ3v) is 3.75. The van der Waals surface area contributed by atoms with Crippen molar-refractivity contribution in [3.05, 3.63) is 41.9 Å². The van der Waals surface area contributed by atoms with Crippen molar-refractivity contribution < 1.29 is 14.6 Å². The highest BCUT2D eigenvalue weighted by Gasteiger charge is 2.12. The summed E-state index contributed by atoms with van der Waals surface area (Å²) in [7, 11) is 1.64. The van der Waals surface area contributed by atoms with E-state index in [1.807, 2.05) is 24.4 Å². The molecule has 0 bridgehead atoms. The molecule has 8 heteroatoms. The average molecular weight is 329 g/mol. The zero-order valence-corrected chi connectivity index (χ0v) is 13.3. The van der Waals surface area contributed by atoms with Crippen molar-refractivity contribution in [2.45, 2.75) is 13.0 Å². The predicted octanol–water partition coefficient (Wildman–Crippen LogP) is 0.733. The number of methoxy groups -OCH3 is 1. The van der Waals surface area contributed by atoms with Gasteiger partial charge in [-0.2, -0.15) is 0 Å². The van der Waals surface area contributed by atoms with Gasteiger partial charge in [0.1, 0.15) is 5.75 Å². The van der Waals surface area contributed by atoms with E-state index in [1.54, 1.807) is 7.11 Å². The number of ether oxygens (including phenoxy) is 1. The van der Waals surface area contributed by atoms with Crippen LogP contribution in [0.3, 0.4) is 0 Å². The highest BCUT2D eigenvalue weighted by atomic mass is 16.5. The van der Waals surface area contributed by atoms with Crippen molar-refractivity contribution in [1.29, 1.82) is 0 Å². The van der Waals surface area contributed by atoms with Crippen LogP contribution in [0.15, 0.2) is 30.6 Å². The van der Waals surface area contributed by atoms with E-state index in [0.29, 0.717) is 19.5 Å². The molecule has 0 spiro atoms. The molecule has 8 nitrogen and oxygen atoms in total. The molecule has 0 atom stereocenters. The van der Waals surface area contributed by atoms with E-state index in [1.165, 1.54) is 10.9 Å². The number of hydrogen-bond donors (Lipinski definition) is 3. The Hall–Kier alpha value is -2.87. The van der Waals surface area contributed by atoms with E-state index in [-0.39, 0.29) is 18.2 Å². The number of H-pyrrole nitrogens is 1. The Morgan fingerprint density at radius 3 is 3.12 bits per heavy atom. The minimum absolute atomic E-state index is 0.0488. The van der Waals surface area contributed by atoms with Crippen molar-refractivity contribution in [3.63, 3.8) is 0 Å². The fraction of sp³-hybridized carbons (Fsp3) is 0.312. The molecule has 3 rings (SSSR count). The summed E-state index contributed by atoms with van der Waals surface area (Å²) in [6.07, 6.45) is 4.11. The van der Waals surface area contributed by atoms with Crippen LogP contribution in [0.1, 0.15) is 16.1 Å². The first-order valence-electron chi connectivity index (χ1n) is 7.65. The standard InChI is InChI=1S/C16H19N5O3/c1-24-14-4-2-3-12-15(14)11(9-18-12)5-6-17-16(23)13-10-21(7-8-22)20-19-13/h2-4,9-10,18,22H,5-8H2,1H3,(H,17,23). The molecule has 0 aliphatic heterocycles. The number of fused-ring (bicyclic) bond motifs is 1. The normalized spacial score (nSPS) is 10.9. The summed E-state index contributed by atoms with van der Waals surface area (Å²) in [5, 5.41) is 20.3. The third-order valence-electron chi connectivity index (χ3n) is 3.75. The number of amides is 1. The van der Waals surface area contributed by atoms with Crippen LogP contribution in [-0.2, 0) is 13.0 Å². The number of benzene rings is 1. The molecule has 2 heterocycles. The summed E-state index contributed by atoms with van der Waals surface area (Å²) in [6.45, 7) is 0.735. The maximum atomic E-state index is 12.1. The van der Waals surface area contributed by atoms with E-state index in [9.17, 15) is 4.79 Å². The van der Waals surface area contributed by atoms with Gasteiger partial charge in [-0.1, -0.05) is 11.3 Å². The van der Waals surface area contributed by atoms with E-state index < -0.39 is 0 Å². The summed E-state index contributed by atoms with van der Waals surface area (Å²) in [5.41, 5.74) is 2.31. The monoisotopic (exact) mass is 329 g/mol. The minimum atomic E-state index is -0.286. The quantitative estimate of drug-likeness (QED) is 0.593. The first-order chi connectivity index (χ1) is 11.7. The maximum absolute atomic E-state index is 12.1. The molecule has 3 aromatic rings. The first kappa shape index (κ1) is 16.0. The van der Waals surface area contributed by atoms with Gasteiger partial charge in [0.25, 0.3) is 5.91 Å². The van der Waals surface area contributed by atoms with Crippen LogP contribution in [0.5, 0.6) is 5.75 Å². The molecule has 0 saturated carbocycles. The fourth-order valence-corrected chi connectivity index (χ4v) is 2.60. The molecule has 0 saturated heterocycles. The van der Waals surface area contributed by atoms with Gasteiger partial charge in [0, 0.05) is 23.6 Å². The number of carbonyl (C=O) groups excluding carboxylic acids is 1. The smallest absolute Gasteiger partial charge is 0.273 e. The Bertz CT molecular complexity index is 839. The summed E-state index contributed by atoms with van der Waals surface area (Å²) < 4.78 is 6.83. The van der Waals surface area contributed by atoms with Gasteiger partial charge in [0.15, 0.2) is 5.69 Å². The van der Waals surface area contributed by atoms with Crippen LogP contribution in [0.25, 0.3) is 10.9 Å². The maximum Gasteiger partial charge on any atom is 0.273 e. The lowest BCUT2D eigenvalue weighted by Gasteiger charge is -2.05. The Morgan fingerprint density at radius 2 is 2.33 bits per heavy atom. The number of nitrogens with zero attached hydrogens (tertiary/aromatic N) is 3. The zero-order valence-electron chi connectivity index (χ0n) is 13.3. The third kappa shape index (κ3) is 3.23. The second-order valence-corrected chi connectivity index (χ2v) is 5.29. The Balaban J connectivity index is 1.63. The van der Waals surface area contributed by atoms with Crippen LogP contribution < -0.4 is 10.1 Å². The summed E-state index contributed by atoms with van der Waals surface area (Å²) >= 11 is 0. The minimum Gasteiger partial charge on any atom is -0.496 e. The molecule has 1 amide bonds. The topological polar surface area (TPSA) is 105 Å². The number of aromatic amines is 1. The van der Waals surface area contributed by atoms with Crippen molar-refractivity contribution >= 4 is 16.8 Å².